The Balaban J connectivity index is 2.47. The van der Waals surface area contributed by atoms with Crippen LogP contribution in [0.4, 0.5) is 0 Å². The summed E-state index contributed by atoms with van der Waals surface area (Å²) in [6.45, 7) is -0.0642. The molecule has 1 aliphatic rings. The summed E-state index contributed by atoms with van der Waals surface area (Å²) in [5.41, 5.74) is 0. The smallest absolute Gasteiger partial charge is 0.326 e. The molecular formula is C6H9NO4. The van der Waals surface area contributed by atoms with E-state index in [4.69, 9.17) is 10.2 Å². The van der Waals surface area contributed by atoms with Gasteiger partial charge in [-0.05, 0) is 0 Å². The lowest BCUT2D eigenvalue weighted by Gasteiger charge is -2.36. The third-order valence-corrected chi connectivity index (χ3v) is 1.69. The molecule has 11 heavy (non-hydrogen) atoms. The second kappa shape index (κ2) is 2.87. The van der Waals surface area contributed by atoms with Crippen LogP contribution in [0, 0.1) is 0 Å². The number of hydrogen-bond donors (Lipinski definition) is 2. The molecule has 0 saturated carbocycles. The Morgan fingerprint density at radius 1 is 1.73 bits per heavy atom. The third-order valence-electron chi connectivity index (χ3n) is 1.69. The van der Waals surface area contributed by atoms with Gasteiger partial charge in [0.15, 0.2) is 0 Å². The average Bonchev–Trinajstić information content (AvgIpc) is 1.95. The van der Waals surface area contributed by atoms with Gasteiger partial charge in [0.1, 0.15) is 6.04 Å². The lowest BCUT2D eigenvalue weighted by Crippen LogP contribution is -2.57. The maximum Gasteiger partial charge on any atom is 0.326 e. The summed E-state index contributed by atoms with van der Waals surface area (Å²) in [6, 6.07) is -0.713. The van der Waals surface area contributed by atoms with E-state index in [2.05, 4.69) is 0 Å². The van der Waals surface area contributed by atoms with Crippen molar-refractivity contribution < 1.29 is 19.8 Å². The van der Waals surface area contributed by atoms with Crippen LogP contribution in [0.15, 0.2) is 0 Å². The Bertz CT molecular complexity index is 191. The molecule has 5 nitrogen and oxygen atoms in total. The summed E-state index contributed by atoms with van der Waals surface area (Å²) in [5.74, 6) is -1.20. The third kappa shape index (κ3) is 1.32. The van der Waals surface area contributed by atoms with Crippen molar-refractivity contribution >= 4 is 11.9 Å². The van der Waals surface area contributed by atoms with Crippen LogP contribution in [0.25, 0.3) is 0 Å². The summed E-state index contributed by atoms with van der Waals surface area (Å²) < 4.78 is 0. The van der Waals surface area contributed by atoms with Gasteiger partial charge in [-0.15, -0.1) is 0 Å². The van der Waals surface area contributed by atoms with E-state index in [1.54, 1.807) is 0 Å². The van der Waals surface area contributed by atoms with Crippen molar-refractivity contribution in [3.05, 3.63) is 0 Å². The first-order valence-corrected chi connectivity index (χ1v) is 3.30. The number of aliphatic hydroxyl groups is 1. The average molecular weight is 159 g/mol. The van der Waals surface area contributed by atoms with Gasteiger partial charge in [0.2, 0.25) is 5.91 Å². The van der Waals surface area contributed by atoms with Crippen LogP contribution in [0.3, 0.4) is 0 Å². The number of amides is 1. The van der Waals surface area contributed by atoms with Crippen molar-refractivity contribution in [2.75, 3.05) is 13.2 Å². The maximum absolute atomic E-state index is 10.7. The van der Waals surface area contributed by atoms with E-state index < -0.39 is 12.0 Å². The number of nitrogens with zero attached hydrogens (tertiary/aromatic N) is 1. The standard InChI is InChI=1S/C6H9NO4/c8-2-1-7-4(6(10)11)3-5(7)9/h4,8H,1-3H2,(H,10,11). The molecule has 0 radical (unpaired) electrons. The predicted octanol–water partition coefficient (Wildman–Crippen LogP) is -1.34. The van der Waals surface area contributed by atoms with Crippen LogP contribution in [0.2, 0.25) is 0 Å². The molecule has 0 aromatic carbocycles. The fourth-order valence-corrected chi connectivity index (χ4v) is 1.06. The molecule has 1 fully saturated rings. The Labute approximate surface area is 63.2 Å². The van der Waals surface area contributed by atoms with E-state index >= 15 is 0 Å². The van der Waals surface area contributed by atoms with Gasteiger partial charge in [0, 0.05) is 6.54 Å². The zero-order valence-corrected chi connectivity index (χ0v) is 5.86. The quantitative estimate of drug-likeness (QED) is 0.500. The topological polar surface area (TPSA) is 77.8 Å². The number of likely N-dealkylation sites (tertiary alicyclic amines) is 1. The Morgan fingerprint density at radius 3 is 2.73 bits per heavy atom. The van der Waals surface area contributed by atoms with E-state index in [-0.39, 0.29) is 25.5 Å². The normalized spacial score (nSPS) is 23.2. The largest absolute Gasteiger partial charge is 0.480 e. The van der Waals surface area contributed by atoms with Gasteiger partial charge in [0.05, 0.1) is 13.0 Å². The molecule has 2 N–H and O–H groups in total. The molecule has 5 heteroatoms. The fraction of sp³-hybridized carbons (Fsp3) is 0.667. The van der Waals surface area contributed by atoms with Crippen molar-refractivity contribution in [2.24, 2.45) is 0 Å². The second-order valence-corrected chi connectivity index (χ2v) is 2.37. The number of carbonyl (C=O) groups excluding carboxylic acids is 1. The number of β-amino-alcohol motifs (C(OH)–C–C–N with tert-alkyl or cyclic N) is 1. The molecular weight excluding hydrogens is 150 g/mol. The molecule has 0 spiro atoms. The van der Waals surface area contributed by atoms with Crippen LogP contribution >= 0.6 is 0 Å². The van der Waals surface area contributed by atoms with Gasteiger partial charge in [-0.2, -0.15) is 0 Å². The molecule has 1 heterocycles. The van der Waals surface area contributed by atoms with Crippen LogP contribution < -0.4 is 0 Å². The lowest BCUT2D eigenvalue weighted by molar-refractivity contribution is -0.162. The van der Waals surface area contributed by atoms with E-state index in [1.165, 1.54) is 0 Å². The van der Waals surface area contributed by atoms with Crippen LogP contribution in [0.5, 0.6) is 0 Å². The number of rotatable bonds is 3. The zero-order valence-electron chi connectivity index (χ0n) is 5.86. The SMILES string of the molecule is O=C(O)C1CC(=O)N1CCO. The van der Waals surface area contributed by atoms with Gasteiger partial charge in [-0.3, -0.25) is 4.79 Å². The summed E-state index contributed by atoms with van der Waals surface area (Å²) in [4.78, 5) is 22.2. The highest BCUT2D eigenvalue weighted by Crippen LogP contribution is 2.18. The molecule has 1 aliphatic heterocycles. The van der Waals surface area contributed by atoms with Crippen molar-refractivity contribution in [3.63, 3.8) is 0 Å². The zero-order chi connectivity index (χ0) is 8.43. The minimum atomic E-state index is -1.00. The van der Waals surface area contributed by atoms with Crippen molar-refractivity contribution in [1.82, 2.24) is 4.90 Å². The van der Waals surface area contributed by atoms with Gasteiger partial charge in [0.25, 0.3) is 0 Å². The maximum atomic E-state index is 10.7. The lowest BCUT2D eigenvalue weighted by atomic mass is 10.0. The summed E-state index contributed by atoms with van der Waals surface area (Å²) in [7, 11) is 0. The highest BCUT2D eigenvalue weighted by Gasteiger charge is 2.40. The first-order valence-electron chi connectivity index (χ1n) is 3.30. The molecule has 62 valence electrons. The van der Waals surface area contributed by atoms with Crippen LogP contribution in [-0.4, -0.2) is 46.2 Å². The molecule has 0 aromatic heterocycles. The van der Waals surface area contributed by atoms with E-state index in [9.17, 15) is 9.59 Å². The molecule has 1 rings (SSSR count). The summed E-state index contributed by atoms with van der Waals surface area (Å²) >= 11 is 0. The molecule has 0 aromatic rings. The van der Waals surface area contributed by atoms with E-state index in [1.807, 2.05) is 0 Å². The van der Waals surface area contributed by atoms with Gasteiger partial charge in [-0.25, -0.2) is 4.79 Å². The number of carboxylic acids is 1. The fourth-order valence-electron chi connectivity index (χ4n) is 1.06. The van der Waals surface area contributed by atoms with Gasteiger partial charge < -0.3 is 15.1 Å². The molecule has 1 atom stereocenters. The molecule has 0 aliphatic carbocycles. The number of hydrogen-bond acceptors (Lipinski definition) is 3. The first-order chi connectivity index (χ1) is 5.16. The number of aliphatic carboxylic acids is 1. The van der Waals surface area contributed by atoms with E-state index in [0.29, 0.717) is 0 Å². The Morgan fingerprint density at radius 2 is 2.36 bits per heavy atom. The Hall–Kier alpha value is -1.10. The number of β-lactam (4-membered cyclic amide) rings is 1. The van der Waals surface area contributed by atoms with Crippen molar-refractivity contribution in [3.8, 4) is 0 Å². The summed E-state index contributed by atoms with van der Waals surface area (Å²) in [5, 5.41) is 16.9. The van der Waals surface area contributed by atoms with Gasteiger partial charge >= 0.3 is 5.97 Å². The second-order valence-electron chi connectivity index (χ2n) is 2.37. The number of carboxylic acid groups (broad SMARTS) is 1. The highest BCUT2D eigenvalue weighted by molar-refractivity contribution is 5.94. The minimum Gasteiger partial charge on any atom is -0.480 e. The monoisotopic (exact) mass is 159 g/mol. The van der Waals surface area contributed by atoms with Crippen molar-refractivity contribution in [1.29, 1.82) is 0 Å². The minimum absolute atomic E-state index is 0.0648. The Kier molecular flexibility index (Phi) is 2.09. The van der Waals surface area contributed by atoms with Crippen LogP contribution in [-0.2, 0) is 9.59 Å². The molecule has 1 saturated heterocycles. The highest BCUT2D eigenvalue weighted by atomic mass is 16.4. The summed E-state index contributed by atoms with van der Waals surface area (Å²) in [6.07, 6.45) is 0.0648. The molecule has 1 amide bonds. The first kappa shape index (κ1) is 8.00. The number of carbonyl (C=O) groups is 2. The molecule has 1 unspecified atom stereocenters. The van der Waals surface area contributed by atoms with Crippen LogP contribution in [0.1, 0.15) is 6.42 Å². The predicted molar refractivity (Wildman–Crippen MR) is 34.8 cm³/mol. The van der Waals surface area contributed by atoms with Crippen molar-refractivity contribution in [2.45, 2.75) is 12.5 Å². The van der Waals surface area contributed by atoms with E-state index in [0.717, 1.165) is 4.90 Å². The number of aliphatic hydroxyl groups excluding tert-OH is 1. The molecule has 0 bridgehead atoms. The van der Waals surface area contributed by atoms with Gasteiger partial charge in [-0.1, -0.05) is 0 Å².